The van der Waals surface area contributed by atoms with Gasteiger partial charge in [-0.25, -0.2) is 31.9 Å². The van der Waals surface area contributed by atoms with Crippen molar-refractivity contribution >= 4 is 167 Å². The Balaban J connectivity index is -0.000000209. The molecule has 1 saturated heterocycles. The number of carboxylic acid groups (broad SMARTS) is 4. The van der Waals surface area contributed by atoms with E-state index in [2.05, 4.69) is 57.3 Å². The molecule has 5 aromatic carbocycles. The zero-order chi connectivity index (χ0) is 77.9. The van der Waals surface area contributed by atoms with Crippen LogP contribution in [0.1, 0.15) is 154 Å². The van der Waals surface area contributed by atoms with Crippen LogP contribution in [0.15, 0.2) is 122 Å². The van der Waals surface area contributed by atoms with Crippen LogP contribution in [0.3, 0.4) is 0 Å². The topological polar surface area (TPSA) is 309 Å². The number of carbonyl (C=O) groups excluding carboxylic acids is 3. The molecule has 1 aliphatic rings. The molecule has 10 N–H and O–H groups in total. The van der Waals surface area contributed by atoms with E-state index in [-0.39, 0.29) is 86.9 Å². The molecule has 0 unspecified atom stereocenters. The third kappa shape index (κ3) is 57.8. The molecule has 1 aliphatic heterocycles. The first kappa shape index (κ1) is 110. The van der Waals surface area contributed by atoms with Gasteiger partial charge in [0.05, 0.1) is 29.3 Å². The van der Waals surface area contributed by atoms with Crippen molar-refractivity contribution in [2.75, 3.05) is 33.5 Å². The average Bonchev–Trinajstić information content (AvgIpc) is 1.66. The summed E-state index contributed by atoms with van der Waals surface area (Å²) >= 11 is 34.1. The van der Waals surface area contributed by atoms with E-state index in [1.807, 2.05) is 44.4 Å². The van der Waals surface area contributed by atoms with Crippen LogP contribution in [-0.4, -0.2) is 155 Å². The largest absolute Gasteiger partial charge is 1.00 e. The first-order chi connectivity index (χ1) is 46.8. The van der Waals surface area contributed by atoms with Gasteiger partial charge in [0, 0.05) is 112 Å². The van der Waals surface area contributed by atoms with E-state index in [0.717, 1.165) is 64.7 Å². The Hall–Kier alpha value is -6.00. The molecular formula is C74H98BCl7F4N4NaO14. The van der Waals surface area contributed by atoms with Crippen LogP contribution in [0.4, 0.5) is 17.6 Å². The fourth-order valence-corrected chi connectivity index (χ4v) is 8.79. The molecule has 579 valence electrons. The number of H-pyrrole nitrogens is 2. The van der Waals surface area contributed by atoms with E-state index >= 15 is 0 Å². The van der Waals surface area contributed by atoms with E-state index in [0.29, 0.717) is 62.3 Å². The van der Waals surface area contributed by atoms with Crippen LogP contribution in [0.2, 0.25) is 30.1 Å². The van der Waals surface area contributed by atoms with Gasteiger partial charge in [-0.3, -0.25) is 19.2 Å². The molecule has 0 amide bonds. The SMILES string of the molecule is C.C1CCOC1.CC(C)(F)CO.CCC(C)(C)F.COC(=O)C(C)(C)F.C[C@@H](N)Cc1c[nH]c2ccccc12.C[C@H](Cc1c[nH]c2ccccc12)NCC(C)(C)F.Cl.O=C(O)/C=C/c1cc(Cl)cc(Cl)c1.O=C(O)CC(=O)O.O=Cc1c(Cl)cc(/C=C/C(=O)O)cc1Cl.O=Cc1cc(Cl)cc(Cl)c1.[B].[H-].[Na+]. The number of nitrogens with one attached hydrogen (secondary N) is 3. The molecule has 0 spiro atoms. The molecule has 3 radical (unpaired) electrons. The number of para-hydroxylation sites is 2. The van der Waals surface area contributed by atoms with Crippen molar-refractivity contribution in [3.05, 3.63) is 185 Å². The predicted octanol–water partition coefficient (Wildman–Crippen LogP) is 16.2. The zero-order valence-electron chi connectivity index (χ0n) is 61.3. The van der Waals surface area contributed by atoms with Crippen molar-refractivity contribution in [2.24, 2.45) is 5.73 Å². The second-order valence-electron chi connectivity index (χ2n) is 24.2. The Morgan fingerprint density at radius 2 is 0.990 bits per heavy atom. The number of aliphatic hydroxyl groups excluding tert-OH is 1. The van der Waals surface area contributed by atoms with E-state index in [9.17, 15) is 51.1 Å². The molecule has 105 heavy (non-hydrogen) atoms. The van der Waals surface area contributed by atoms with Crippen molar-refractivity contribution in [3.63, 3.8) is 0 Å². The normalized spacial score (nSPS) is 11.7. The number of halogens is 11. The Morgan fingerprint density at radius 1 is 0.629 bits per heavy atom. The first-order valence-electron chi connectivity index (χ1n) is 31.0. The second-order valence-corrected chi connectivity index (χ2v) is 26.7. The summed E-state index contributed by atoms with van der Waals surface area (Å²) in [5.41, 5.74) is 7.22. The van der Waals surface area contributed by atoms with Crippen molar-refractivity contribution in [2.45, 2.75) is 157 Å². The summed E-state index contributed by atoms with van der Waals surface area (Å²) in [6, 6.07) is 29.5. The number of rotatable bonds is 18. The zero-order valence-corrected chi connectivity index (χ0v) is 67.7. The number of aromatic nitrogens is 2. The molecule has 3 heterocycles. The minimum Gasteiger partial charge on any atom is -1.00 e. The maximum absolute atomic E-state index is 13.4. The van der Waals surface area contributed by atoms with Crippen LogP contribution < -0.4 is 40.6 Å². The van der Waals surface area contributed by atoms with E-state index in [4.69, 9.17) is 106 Å². The maximum Gasteiger partial charge on any atom is 1.00 e. The van der Waals surface area contributed by atoms with Crippen LogP contribution in [-0.2, 0) is 46.3 Å². The summed E-state index contributed by atoms with van der Waals surface area (Å²) < 4.78 is 58.8. The van der Waals surface area contributed by atoms with Gasteiger partial charge in [-0.2, -0.15) is 0 Å². The maximum atomic E-state index is 13.4. The number of carboxylic acids is 4. The number of esters is 1. The number of hydrogen-bond acceptors (Lipinski definition) is 12. The van der Waals surface area contributed by atoms with Gasteiger partial charge in [0.1, 0.15) is 29.7 Å². The van der Waals surface area contributed by atoms with Crippen LogP contribution in [0, 0.1) is 0 Å². The third-order valence-electron chi connectivity index (χ3n) is 12.3. The van der Waals surface area contributed by atoms with Crippen LogP contribution in [0.5, 0.6) is 0 Å². The predicted molar refractivity (Wildman–Crippen MR) is 420 cm³/mol. The fourth-order valence-electron chi connectivity index (χ4n) is 7.11. The Labute approximate surface area is 675 Å². The Morgan fingerprint density at radius 3 is 1.26 bits per heavy atom. The minimum atomic E-state index is -1.85. The number of fused-ring (bicyclic) bond motifs is 2. The van der Waals surface area contributed by atoms with Crippen molar-refractivity contribution in [3.8, 4) is 0 Å². The van der Waals surface area contributed by atoms with Crippen LogP contribution in [0.25, 0.3) is 34.0 Å². The summed E-state index contributed by atoms with van der Waals surface area (Å²) in [5, 5.41) is 48.3. The number of carbonyl (C=O) groups is 7. The average molecular weight is 1630 g/mol. The number of benzene rings is 5. The van der Waals surface area contributed by atoms with Gasteiger partial charge in [-0.15, -0.1) is 12.4 Å². The molecular weight excluding hydrogens is 1530 g/mol. The van der Waals surface area contributed by atoms with Gasteiger partial charge in [0.2, 0.25) is 5.67 Å². The van der Waals surface area contributed by atoms with Gasteiger partial charge in [-0.1, -0.05) is 120 Å². The number of aldehydes is 2. The fraction of sp³-hybridized carbons (Fsp3) is 0.392. The number of aromatic amines is 2. The molecule has 2 aromatic heterocycles. The molecule has 18 nitrogen and oxygen atoms in total. The van der Waals surface area contributed by atoms with Crippen LogP contribution >= 0.6 is 82.0 Å². The van der Waals surface area contributed by atoms with E-state index in [1.165, 1.54) is 78.4 Å². The molecule has 7 aromatic rings. The number of nitrogens with two attached hydrogens (primary N) is 1. The molecule has 0 saturated carbocycles. The summed E-state index contributed by atoms with van der Waals surface area (Å²) in [5.74, 6) is -5.53. The number of alkyl halides is 4. The Kier molecular flexibility index (Phi) is 60.8. The monoisotopic (exact) mass is 1620 g/mol. The first-order valence-corrected chi connectivity index (χ1v) is 33.3. The van der Waals surface area contributed by atoms with Gasteiger partial charge in [0.15, 0.2) is 6.29 Å². The number of ether oxygens (including phenoxy) is 2. The summed E-state index contributed by atoms with van der Waals surface area (Å²) in [4.78, 5) is 76.8. The van der Waals surface area contributed by atoms with E-state index < -0.39 is 65.5 Å². The van der Waals surface area contributed by atoms with Gasteiger partial charge in [0.25, 0.3) is 0 Å². The standard InChI is InChI=1S/C15H21FN2.C11H14N2.C10H6Cl2O3.C9H6Cl2O2.C7H4Cl2O.C5H9FO2.C5H11F.C4H9FO.C4H8O.C3H4O4.CH4.B.ClH.Na.H/c1-11(18-10-15(2,3)16)8-12-9-17-14-7-5-4-6-13(12)14;1-8(12)6-9-7-13-11-5-3-2-4-10(9)11;11-8-3-6(1-2-10(14)15)4-9(12)7(8)5-13;10-7-3-6(1-2-9(12)13)4-8(11)5-7;8-6-1-5(4-10)2-7(9)3-6;1-5(2,6)4(7)8-3;1-4-5(2,3)6;1-4(2,5)3-6;1-2-4-5-3-1;4-2(5)1-3(6)7;;;;;/h4-7,9,11,17-18H,8,10H2,1-3H3;2-5,7-8,13H,6,12H2,1H3;1-5H,(H,14,15);1-5H,(H,12,13);1-4H;1-3H3;4H2,1-3H3;6H,3H2,1-2H3;1-4H2;1H2,(H,4,5)(H,6,7);1H4;;1H;;/q;;;;;;;;;;;;;+1;-1/b;;2*2-1+;;;;;;;;;;;/t11-;8-;;;;;;;;;;;;;/m11............./s1. The molecule has 1 fully saturated rings. The summed E-state index contributed by atoms with van der Waals surface area (Å²) in [7, 11) is 1.16. The van der Waals surface area contributed by atoms with Gasteiger partial charge in [-0.05, 0) is 196 Å². The van der Waals surface area contributed by atoms with E-state index in [1.54, 1.807) is 64.1 Å². The quantitative estimate of drug-likeness (QED) is 0.00963. The summed E-state index contributed by atoms with van der Waals surface area (Å²) in [6.07, 6.45) is 14.3. The number of methoxy groups -OCH3 is 1. The number of aliphatic carboxylic acids is 4. The molecule has 0 aliphatic carbocycles. The van der Waals surface area contributed by atoms with Crippen molar-refractivity contribution in [1.82, 2.24) is 15.3 Å². The van der Waals surface area contributed by atoms with Gasteiger partial charge >= 0.3 is 59.4 Å². The van der Waals surface area contributed by atoms with Crippen molar-refractivity contribution < 1.29 is 117 Å². The summed E-state index contributed by atoms with van der Waals surface area (Å²) in [6.45, 7) is 19.2. The third-order valence-corrected chi connectivity index (χ3v) is 13.8. The molecule has 2 atom stereocenters. The smallest absolute Gasteiger partial charge is 1.00 e. The molecule has 31 heteroatoms. The molecule has 0 bridgehead atoms. The minimum absolute atomic E-state index is 0. The van der Waals surface area contributed by atoms with Crippen molar-refractivity contribution in [1.29, 1.82) is 0 Å². The second kappa shape index (κ2) is 58.1. The number of hydrogen-bond donors (Lipinski definition) is 9. The van der Waals surface area contributed by atoms with Gasteiger partial charge < -0.3 is 57.5 Å². The Bertz CT molecular complexity index is 3640. The number of aliphatic hydroxyl groups is 1. The molecule has 8 rings (SSSR count).